The van der Waals surface area contributed by atoms with Crippen molar-refractivity contribution in [3.8, 4) is 5.75 Å². The molecule has 0 saturated heterocycles. The van der Waals surface area contributed by atoms with E-state index < -0.39 is 0 Å². The van der Waals surface area contributed by atoms with Crippen molar-refractivity contribution >= 4 is 12.9 Å². The van der Waals surface area contributed by atoms with E-state index in [1.54, 1.807) is 0 Å². The van der Waals surface area contributed by atoms with E-state index in [1.807, 2.05) is 31.2 Å². The summed E-state index contributed by atoms with van der Waals surface area (Å²) in [6.45, 7) is 1.98. The van der Waals surface area contributed by atoms with Crippen molar-refractivity contribution in [2.75, 3.05) is 0 Å². The van der Waals surface area contributed by atoms with Crippen LogP contribution in [-0.2, 0) is 0 Å². The fourth-order valence-corrected chi connectivity index (χ4v) is 0.864. The SMILES string of the molecule is Cc1ccccc1OS. The topological polar surface area (TPSA) is 9.23 Å². The predicted octanol–water partition coefficient (Wildman–Crippen LogP) is 2.22. The summed E-state index contributed by atoms with van der Waals surface area (Å²) < 4.78 is 4.74. The van der Waals surface area contributed by atoms with Gasteiger partial charge in [-0.05, 0) is 18.6 Å². The van der Waals surface area contributed by atoms with E-state index in [0.717, 1.165) is 11.3 Å². The van der Waals surface area contributed by atoms with E-state index in [2.05, 4.69) is 12.9 Å². The lowest BCUT2D eigenvalue weighted by Gasteiger charge is -1.98. The van der Waals surface area contributed by atoms with Crippen LogP contribution in [0.3, 0.4) is 0 Å². The van der Waals surface area contributed by atoms with Crippen LogP contribution in [0.1, 0.15) is 5.56 Å². The summed E-state index contributed by atoms with van der Waals surface area (Å²) in [5.41, 5.74) is 1.10. The molecule has 0 amide bonds. The monoisotopic (exact) mass is 140 g/mol. The lowest BCUT2D eigenvalue weighted by molar-refractivity contribution is 0.652. The minimum Gasteiger partial charge on any atom is -0.429 e. The summed E-state index contributed by atoms with van der Waals surface area (Å²) in [5, 5.41) is 0. The molecule has 0 unspecified atom stereocenters. The van der Waals surface area contributed by atoms with E-state index >= 15 is 0 Å². The molecule has 1 aromatic rings. The molecule has 0 fully saturated rings. The average Bonchev–Trinajstić information content (AvgIpc) is 1.89. The fourth-order valence-electron chi connectivity index (χ4n) is 0.659. The maximum atomic E-state index is 4.74. The van der Waals surface area contributed by atoms with Gasteiger partial charge < -0.3 is 4.18 Å². The highest BCUT2D eigenvalue weighted by Crippen LogP contribution is 2.16. The first kappa shape index (κ1) is 6.49. The van der Waals surface area contributed by atoms with Crippen molar-refractivity contribution in [3.63, 3.8) is 0 Å². The highest BCUT2D eigenvalue weighted by atomic mass is 32.1. The van der Waals surface area contributed by atoms with Crippen LogP contribution >= 0.6 is 12.9 Å². The molecule has 9 heavy (non-hydrogen) atoms. The number of aryl methyl sites for hydroxylation is 1. The maximum Gasteiger partial charge on any atom is 0.139 e. The standard InChI is InChI=1S/C7H8OS/c1-6-4-2-3-5-7(6)8-9/h2-5,9H,1H3. The predicted molar refractivity (Wildman–Crippen MR) is 40.8 cm³/mol. The summed E-state index contributed by atoms with van der Waals surface area (Å²) in [6.07, 6.45) is 0. The summed E-state index contributed by atoms with van der Waals surface area (Å²) in [5.74, 6) is 0.820. The van der Waals surface area contributed by atoms with Gasteiger partial charge in [0.2, 0.25) is 0 Å². The second kappa shape index (κ2) is 2.78. The van der Waals surface area contributed by atoms with Gasteiger partial charge in [0.05, 0.1) is 0 Å². The number of hydrogen-bond donors (Lipinski definition) is 1. The molecule has 0 N–H and O–H groups in total. The van der Waals surface area contributed by atoms with Gasteiger partial charge in [-0.2, -0.15) is 0 Å². The molecule has 0 atom stereocenters. The number of rotatable bonds is 1. The Kier molecular flexibility index (Phi) is 2.01. The van der Waals surface area contributed by atoms with Crippen molar-refractivity contribution in [1.29, 1.82) is 0 Å². The van der Waals surface area contributed by atoms with Crippen molar-refractivity contribution in [2.45, 2.75) is 6.92 Å². The van der Waals surface area contributed by atoms with E-state index in [4.69, 9.17) is 4.18 Å². The molecule has 0 bridgehead atoms. The van der Waals surface area contributed by atoms with E-state index in [0.29, 0.717) is 0 Å². The first-order valence-electron chi connectivity index (χ1n) is 2.71. The molecule has 0 heterocycles. The zero-order valence-electron chi connectivity index (χ0n) is 5.16. The van der Waals surface area contributed by atoms with E-state index in [1.165, 1.54) is 0 Å². The number of thiol groups is 1. The molecule has 0 spiro atoms. The summed E-state index contributed by atoms with van der Waals surface area (Å²) >= 11 is 3.68. The average molecular weight is 140 g/mol. The third-order valence-electron chi connectivity index (χ3n) is 1.19. The summed E-state index contributed by atoms with van der Waals surface area (Å²) in [7, 11) is 0. The highest BCUT2D eigenvalue weighted by Gasteiger charge is 1.91. The minimum atomic E-state index is 0.820. The number of benzene rings is 1. The third kappa shape index (κ3) is 1.39. The molecule has 2 heteroatoms. The Labute approximate surface area is 60.3 Å². The van der Waals surface area contributed by atoms with Crippen molar-refractivity contribution in [3.05, 3.63) is 29.8 Å². The first-order chi connectivity index (χ1) is 4.34. The van der Waals surface area contributed by atoms with Gasteiger partial charge in [-0.15, -0.1) is 0 Å². The van der Waals surface area contributed by atoms with Gasteiger partial charge in [0, 0.05) is 12.9 Å². The molecule has 0 radical (unpaired) electrons. The van der Waals surface area contributed by atoms with Crippen molar-refractivity contribution < 1.29 is 4.18 Å². The maximum absolute atomic E-state index is 4.74. The molecular weight excluding hydrogens is 132 g/mol. The Bertz CT molecular complexity index is 198. The number of para-hydroxylation sites is 1. The Morgan fingerprint density at radius 1 is 1.33 bits per heavy atom. The van der Waals surface area contributed by atoms with E-state index in [9.17, 15) is 0 Å². The second-order valence-corrected chi connectivity index (χ2v) is 2.04. The molecule has 0 saturated carbocycles. The first-order valence-corrected chi connectivity index (χ1v) is 3.08. The smallest absolute Gasteiger partial charge is 0.139 e. The van der Waals surface area contributed by atoms with Crippen LogP contribution in [0.2, 0.25) is 0 Å². The second-order valence-electron chi connectivity index (χ2n) is 1.86. The van der Waals surface area contributed by atoms with Gasteiger partial charge in [-0.1, -0.05) is 18.2 Å². The van der Waals surface area contributed by atoms with Crippen LogP contribution in [0, 0.1) is 6.92 Å². The zero-order chi connectivity index (χ0) is 6.69. The molecule has 1 aromatic carbocycles. The molecular formula is C7H8OS. The van der Waals surface area contributed by atoms with Gasteiger partial charge in [0.25, 0.3) is 0 Å². The molecule has 48 valence electrons. The lowest BCUT2D eigenvalue weighted by Crippen LogP contribution is -1.77. The third-order valence-corrected chi connectivity index (χ3v) is 1.39. The van der Waals surface area contributed by atoms with Crippen molar-refractivity contribution in [1.82, 2.24) is 0 Å². The Hall–Kier alpha value is -0.630. The van der Waals surface area contributed by atoms with E-state index in [-0.39, 0.29) is 0 Å². The number of hydrogen-bond acceptors (Lipinski definition) is 2. The van der Waals surface area contributed by atoms with Crippen LogP contribution in [0.5, 0.6) is 5.75 Å². The fraction of sp³-hybridized carbons (Fsp3) is 0.143. The van der Waals surface area contributed by atoms with Gasteiger partial charge in [-0.25, -0.2) is 0 Å². The molecule has 1 rings (SSSR count). The normalized spacial score (nSPS) is 9.11. The molecule has 1 nitrogen and oxygen atoms in total. The quantitative estimate of drug-likeness (QED) is 0.465. The summed E-state index contributed by atoms with van der Waals surface area (Å²) in [4.78, 5) is 0. The molecule has 0 aliphatic carbocycles. The van der Waals surface area contributed by atoms with Crippen molar-refractivity contribution in [2.24, 2.45) is 0 Å². The van der Waals surface area contributed by atoms with Crippen LogP contribution in [0.4, 0.5) is 0 Å². The zero-order valence-corrected chi connectivity index (χ0v) is 6.06. The van der Waals surface area contributed by atoms with Gasteiger partial charge >= 0.3 is 0 Å². The van der Waals surface area contributed by atoms with Crippen LogP contribution < -0.4 is 4.18 Å². The highest BCUT2D eigenvalue weighted by molar-refractivity contribution is 7.75. The van der Waals surface area contributed by atoms with Crippen LogP contribution in [0.25, 0.3) is 0 Å². The minimum absolute atomic E-state index is 0.820. The summed E-state index contributed by atoms with van der Waals surface area (Å²) in [6, 6.07) is 7.73. The van der Waals surface area contributed by atoms with Crippen LogP contribution in [-0.4, -0.2) is 0 Å². The molecule has 0 aromatic heterocycles. The van der Waals surface area contributed by atoms with Gasteiger partial charge in [0.15, 0.2) is 0 Å². The van der Waals surface area contributed by atoms with Gasteiger partial charge in [-0.3, -0.25) is 0 Å². The molecule has 0 aliphatic rings. The Morgan fingerprint density at radius 2 is 2.00 bits per heavy atom. The molecule has 0 aliphatic heterocycles. The Balaban J connectivity index is 3.01. The van der Waals surface area contributed by atoms with Gasteiger partial charge in [0.1, 0.15) is 5.75 Å². The lowest BCUT2D eigenvalue weighted by atomic mass is 10.2. The Morgan fingerprint density at radius 3 is 2.44 bits per heavy atom. The van der Waals surface area contributed by atoms with Crippen LogP contribution in [0.15, 0.2) is 24.3 Å². The largest absolute Gasteiger partial charge is 0.429 e.